The number of oxazole rings is 1. The van der Waals surface area contributed by atoms with Gasteiger partial charge in [-0.15, -0.1) is 0 Å². The predicted molar refractivity (Wildman–Crippen MR) is 90.6 cm³/mol. The molecule has 2 aromatic heterocycles. The first-order valence-electron chi connectivity index (χ1n) is 8.35. The smallest absolute Gasteiger partial charge is 0.311 e. The average Bonchev–Trinajstić information content (AvgIpc) is 3.21. The molecule has 3 aliphatic heterocycles. The minimum Gasteiger partial charge on any atom is -0.414 e. The van der Waals surface area contributed by atoms with Crippen LogP contribution in [0, 0.1) is 12.8 Å². The summed E-state index contributed by atoms with van der Waals surface area (Å²) in [5.41, 5.74) is 0. The molecule has 5 rings (SSSR count). The van der Waals surface area contributed by atoms with E-state index in [0.717, 1.165) is 13.1 Å². The maximum Gasteiger partial charge on any atom is 0.311 e. The summed E-state index contributed by atoms with van der Waals surface area (Å²) < 4.78 is 10.9. The first-order chi connectivity index (χ1) is 11.6. The summed E-state index contributed by atoms with van der Waals surface area (Å²) in [5.74, 6) is 1.47. The standard InChI is InChI=1S/C17H21N3O3S/c1-10-16(12-5-7-20(10)8-6-12)19-17(21)13-3-4-15(24-13)23-14-9-18-11(2)22-14/h3-4,9-10,12,16H,5-8H2,1-2H3,(H,19,21)/t10-,16-/m0/s1. The lowest BCUT2D eigenvalue weighted by Crippen LogP contribution is -2.62. The van der Waals surface area contributed by atoms with Gasteiger partial charge < -0.3 is 14.5 Å². The van der Waals surface area contributed by atoms with Crippen LogP contribution in [0.2, 0.25) is 0 Å². The molecular formula is C17H21N3O3S. The van der Waals surface area contributed by atoms with Crippen molar-refractivity contribution in [2.45, 2.75) is 38.8 Å². The second-order valence-electron chi connectivity index (χ2n) is 6.53. The highest BCUT2D eigenvalue weighted by Crippen LogP contribution is 2.33. The normalized spacial score (nSPS) is 28.8. The fraction of sp³-hybridized carbons (Fsp3) is 0.529. The van der Waals surface area contributed by atoms with E-state index in [-0.39, 0.29) is 11.9 Å². The second-order valence-corrected chi connectivity index (χ2v) is 7.58. The first-order valence-corrected chi connectivity index (χ1v) is 9.17. The van der Waals surface area contributed by atoms with Crippen LogP contribution in [0.1, 0.15) is 35.3 Å². The topological polar surface area (TPSA) is 67.6 Å². The van der Waals surface area contributed by atoms with E-state index in [1.165, 1.54) is 30.4 Å². The van der Waals surface area contributed by atoms with Gasteiger partial charge in [-0.25, -0.2) is 4.98 Å². The van der Waals surface area contributed by atoms with Crippen LogP contribution in [0.5, 0.6) is 11.0 Å². The third-order valence-corrected chi connectivity index (χ3v) is 6.04. The van der Waals surface area contributed by atoms with Gasteiger partial charge in [-0.05, 0) is 50.9 Å². The maximum absolute atomic E-state index is 12.6. The summed E-state index contributed by atoms with van der Waals surface area (Å²) in [6.07, 6.45) is 3.89. The Balaban J connectivity index is 1.41. The number of thiophene rings is 1. The zero-order chi connectivity index (χ0) is 16.7. The number of amides is 1. The average molecular weight is 347 g/mol. The molecule has 0 spiro atoms. The molecule has 0 aromatic carbocycles. The lowest BCUT2D eigenvalue weighted by Gasteiger charge is -2.49. The van der Waals surface area contributed by atoms with E-state index in [0.29, 0.717) is 33.7 Å². The Morgan fingerprint density at radius 1 is 1.42 bits per heavy atom. The Morgan fingerprint density at radius 2 is 2.21 bits per heavy atom. The van der Waals surface area contributed by atoms with E-state index in [4.69, 9.17) is 9.15 Å². The molecule has 3 fully saturated rings. The van der Waals surface area contributed by atoms with Crippen LogP contribution in [0.4, 0.5) is 0 Å². The summed E-state index contributed by atoms with van der Waals surface area (Å²) in [7, 11) is 0. The van der Waals surface area contributed by atoms with Gasteiger partial charge >= 0.3 is 5.95 Å². The molecule has 24 heavy (non-hydrogen) atoms. The van der Waals surface area contributed by atoms with Crippen LogP contribution in [-0.4, -0.2) is 41.0 Å². The van der Waals surface area contributed by atoms with Crippen molar-refractivity contribution in [3.05, 3.63) is 29.1 Å². The van der Waals surface area contributed by atoms with Crippen molar-refractivity contribution >= 4 is 17.2 Å². The quantitative estimate of drug-likeness (QED) is 0.921. The van der Waals surface area contributed by atoms with Crippen LogP contribution >= 0.6 is 11.3 Å². The minimum absolute atomic E-state index is 0.0193. The van der Waals surface area contributed by atoms with E-state index < -0.39 is 0 Å². The van der Waals surface area contributed by atoms with E-state index >= 15 is 0 Å². The van der Waals surface area contributed by atoms with Gasteiger partial charge in [0.15, 0.2) is 11.0 Å². The monoisotopic (exact) mass is 347 g/mol. The molecule has 5 heterocycles. The summed E-state index contributed by atoms with van der Waals surface area (Å²) in [4.78, 5) is 19.7. The highest BCUT2D eigenvalue weighted by Gasteiger charge is 2.40. The minimum atomic E-state index is -0.0193. The third-order valence-electron chi connectivity index (χ3n) is 5.08. The highest BCUT2D eigenvalue weighted by molar-refractivity contribution is 7.15. The summed E-state index contributed by atoms with van der Waals surface area (Å²) in [6, 6.07) is 4.24. The van der Waals surface area contributed by atoms with E-state index in [9.17, 15) is 4.79 Å². The van der Waals surface area contributed by atoms with Crippen molar-refractivity contribution in [2.75, 3.05) is 13.1 Å². The molecule has 7 heteroatoms. The lowest BCUT2D eigenvalue weighted by atomic mass is 9.79. The molecular weight excluding hydrogens is 326 g/mol. The molecule has 1 N–H and O–H groups in total. The first kappa shape index (κ1) is 15.7. The van der Waals surface area contributed by atoms with Crippen LogP contribution < -0.4 is 10.1 Å². The number of fused-ring (bicyclic) bond motifs is 3. The lowest BCUT2D eigenvalue weighted by molar-refractivity contribution is 0.0218. The fourth-order valence-corrected chi connectivity index (χ4v) is 4.52. The largest absolute Gasteiger partial charge is 0.414 e. The molecule has 128 valence electrons. The molecule has 2 atom stereocenters. The van der Waals surface area contributed by atoms with Crippen LogP contribution in [0.25, 0.3) is 0 Å². The molecule has 0 saturated carbocycles. The van der Waals surface area contributed by atoms with Gasteiger partial charge in [0.2, 0.25) is 0 Å². The number of nitrogens with one attached hydrogen (secondary N) is 1. The van der Waals surface area contributed by atoms with Crippen molar-refractivity contribution in [2.24, 2.45) is 5.92 Å². The number of carbonyl (C=O) groups is 1. The van der Waals surface area contributed by atoms with Crippen molar-refractivity contribution in [3.63, 3.8) is 0 Å². The van der Waals surface area contributed by atoms with Crippen LogP contribution in [0.15, 0.2) is 22.7 Å². The van der Waals surface area contributed by atoms with Gasteiger partial charge in [0.05, 0.1) is 4.88 Å². The van der Waals surface area contributed by atoms with Crippen molar-refractivity contribution in [1.82, 2.24) is 15.2 Å². The van der Waals surface area contributed by atoms with Crippen LogP contribution in [0.3, 0.4) is 0 Å². The Morgan fingerprint density at radius 3 is 2.88 bits per heavy atom. The Bertz CT molecular complexity index is 731. The van der Waals surface area contributed by atoms with Gasteiger partial charge in [-0.2, -0.15) is 0 Å². The number of piperidine rings is 3. The molecule has 2 bridgehead atoms. The predicted octanol–water partition coefficient (Wildman–Crippen LogP) is 3.05. The second kappa shape index (κ2) is 6.22. The Kier molecular flexibility index (Phi) is 4.05. The number of ether oxygens (including phenoxy) is 1. The molecule has 1 amide bonds. The number of nitrogens with zero attached hydrogens (tertiary/aromatic N) is 2. The maximum atomic E-state index is 12.6. The number of hydrogen-bond donors (Lipinski definition) is 1. The molecule has 0 unspecified atom stereocenters. The van der Waals surface area contributed by atoms with Crippen molar-refractivity contribution < 1.29 is 13.9 Å². The molecule has 3 aliphatic rings. The van der Waals surface area contributed by atoms with E-state index in [2.05, 4.69) is 22.1 Å². The third kappa shape index (κ3) is 2.93. The van der Waals surface area contributed by atoms with Gasteiger partial charge in [0.1, 0.15) is 6.20 Å². The number of aryl methyl sites for hydroxylation is 1. The van der Waals surface area contributed by atoms with Gasteiger partial charge in [-0.3, -0.25) is 9.69 Å². The Labute approximate surface area is 144 Å². The Hall–Kier alpha value is -1.86. The molecule has 3 saturated heterocycles. The van der Waals surface area contributed by atoms with Crippen molar-refractivity contribution in [3.8, 4) is 11.0 Å². The zero-order valence-corrected chi connectivity index (χ0v) is 14.6. The molecule has 6 nitrogen and oxygen atoms in total. The van der Waals surface area contributed by atoms with E-state index in [1.807, 2.05) is 0 Å². The number of carbonyl (C=O) groups excluding carboxylic acids is 1. The molecule has 0 aliphatic carbocycles. The fourth-order valence-electron chi connectivity index (χ4n) is 3.75. The van der Waals surface area contributed by atoms with Crippen LogP contribution in [-0.2, 0) is 0 Å². The summed E-state index contributed by atoms with van der Waals surface area (Å²) >= 11 is 1.32. The molecule has 2 aromatic rings. The van der Waals surface area contributed by atoms with Gasteiger partial charge in [-0.1, -0.05) is 11.3 Å². The molecule has 0 radical (unpaired) electrons. The number of hydrogen-bond acceptors (Lipinski definition) is 6. The summed E-state index contributed by atoms with van der Waals surface area (Å²) in [5, 5.41) is 3.86. The summed E-state index contributed by atoms with van der Waals surface area (Å²) in [6.45, 7) is 6.29. The highest BCUT2D eigenvalue weighted by atomic mass is 32.1. The van der Waals surface area contributed by atoms with Gasteiger partial charge in [0.25, 0.3) is 5.91 Å². The number of aromatic nitrogens is 1. The number of rotatable bonds is 4. The zero-order valence-electron chi connectivity index (χ0n) is 13.8. The van der Waals surface area contributed by atoms with E-state index in [1.54, 1.807) is 19.1 Å². The SMILES string of the molecule is Cc1ncc(Oc2ccc(C(=O)N[C@@H]3C4CCN(CC4)[C@H]3C)s2)o1. The van der Waals surface area contributed by atoms with Gasteiger partial charge in [0, 0.05) is 19.0 Å². The van der Waals surface area contributed by atoms with Crippen molar-refractivity contribution in [1.29, 1.82) is 0 Å².